The van der Waals surface area contributed by atoms with E-state index in [0.29, 0.717) is 46.6 Å². The van der Waals surface area contributed by atoms with Crippen LogP contribution in [0.15, 0.2) is 76.3 Å². The third-order valence-corrected chi connectivity index (χ3v) is 9.13. The molecule has 38 heavy (non-hydrogen) atoms. The second kappa shape index (κ2) is 9.09. The highest BCUT2D eigenvalue weighted by Gasteiger charge is 2.67. The van der Waals surface area contributed by atoms with E-state index in [9.17, 15) is 9.59 Å². The first-order valence-electron chi connectivity index (χ1n) is 13.2. The van der Waals surface area contributed by atoms with Crippen LogP contribution in [0.3, 0.4) is 0 Å². The molecule has 1 saturated heterocycles. The number of imide groups is 1. The molecular formula is C31H27BrN2O4. The molecule has 4 aliphatic carbocycles. The minimum absolute atomic E-state index is 0.167. The van der Waals surface area contributed by atoms with Gasteiger partial charge >= 0.3 is 0 Å². The zero-order chi connectivity index (χ0) is 26.0. The molecule has 5 aliphatic rings. The average Bonchev–Trinajstić information content (AvgIpc) is 3.71. The SMILES string of the molecule is CCOc1cc(C=NN2C(=O)[C@@H]3[C@H]4C=C[C@@H]([C@@H]5C[C@H]45)[C@H]3C2=O)cc(Br)c1OCc1cccc2ccccc12. The molecule has 7 heteroatoms. The molecule has 6 atom stereocenters. The summed E-state index contributed by atoms with van der Waals surface area (Å²) in [4.78, 5) is 26.5. The maximum absolute atomic E-state index is 13.2. The Bertz CT molecular complexity index is 1490. The number of benzene rings is 3. The van der Waals surface area contributed by atoms with Gasteiger partial charge in [-0.3, -0.25) is 9.59 Å². The van der Waals surface area contributed by atoms with Crippen molar-refractivity contribution in [3.05, 3.63) is 82.3 Å². The Morgan fingerprint density at radius 2 is 1.68 bits per heavy atom. The van der Waals surface area contributed by atoms with E-state index in [0.717, 1.165) is 27.8 Å². The Morgan fingerprint density at radius 3 is 2.42 bits per heavy atom. The fourth-order valence-electron chi connectivity index (χ4n) is 6.81. The molecule has 0 unspecified atom stereocenters. The zero-order valence-corrected chi connectivity index (χ0v) is 22.5. The summed E-state index contributed by atoms with van der Waals surface area (Å²) in [5, 5.41) is 7.79. The lowest BCUT2D eigenvalue weighted by Crippen LogP contribution is -2.40. The molecule has 2 bridgehead atoms. The molecule has 3 aromatic carbocycles. The molecule has 0 spiro atoms. The molecular weight excluding hydrogens is 544 g/mol. The number of hydrogen-bond acceptors (Lipinski definition) is 5. The third-order valence-electron chi connectivity index (χ3n) is 8.55. The third kappa shape index (κ3) is 3.70. The fraction of sp³-hybridized carbons (Fsp3) is 0.323. The van der Waals surface area contributed by atoms with Gasteiger partial charge in [-0.2, -0.15) is 10.1 Å². The van der Waals surface area contributed by atoms with E-state index in [-0.39, 0.29) is 35.5 Å². The van der Waals surface area contributed by atoms with E-state index in [2.05, 4.69) is 57.4 Å². The number of hydrazone groups is 1. The highest BCUT2D eigenvalue weighted by Crippen LogP contribution is 2.65. The van der Waals surface area contributed by atoms with Gasteiger partial charge in [0.25, 0.3) is 11.8 Å². The van der Waals surface area contributed by atoms with Gasteiger partial charge in [0.2, 0.25) is 0 Å². The van der Waals surface area contributed by atoms with Crippen LogP contribution in [0, 0.1) is 35.5 Å². The van der Waals surface area contributed by atoms with Crippen molar-refractivity contribution in [3.63, 3.8) is 0 Å². The van der Waals surface area contributed by atoms with E-state index in [1.165, 1.54) is 0 Å². The zero-order valence-electron chi connectivity index (χ0n) is 20.9. The van der Waals surface area contributed by atoms with Crippen molar-refractivity contribution in [2.24, 2.45) is 40.6 Å². The van der Waals surface area contributed by atoms with Gasteiger partial charge < -0.3 is 9.47 Å². The van der Waals surface area contributed by atoms with Crippen molar-refractivity contribution in [1.82, 2.24) is 5.01 Å². The van der Waals surface area contributed by atoms with E-state index in [1.807, 2.05) is 37.3 Å². The van der Waals surface area contributed by atoms with Gasteiger partial charge in [-0.15, -0.1) is 0 Å². The van der Waals surface area contributed by atoms with Crippen molar-refractivity contribution in [2.75, 3.05) is 6.61 Å². The van der Waals surface area contributed by atoms with Crippen LogP contribution in [0.5, 0.6) is 11.5 Å². The Hall–Kier alpha value is -3.45. The van der Waals surface area contributed by atoms with E-state index in [1.54, 1.807) is 6.21 Å². The first-order chi connectivity index (χ1) is 18.5. The number of halogens is 1. The van der Waals surface area contributed by atoms with E-state index in [4.69, 9.17) is 9.47 Å². The predicted molar refractivity (Wildman–Crippen MR) is 148 cm³/mol. The normalized spacial score (nSPS) is 28.7. The summed E-state index contributed by atoms with van der Waals surface area (Å²) in [5.41, 5.74) is 1.79. The number of allylic oxidation sites excluding steroid dienone is 2. The van der Waals surface area contributed by atoms with Crippen molar-refractivity contribution in [2.45, 2.75) is 20.0 Å². The summed E-state index contributed by atoms with van der Waals surface area (Å²) in [6.07, 6.45) is 7.04. The molecule has 8 rings (SSSR count). The van der Waals surface area contributed by atoms with E-state index < -0.39 is 0 Å². The molecule has 3 aromatic rings. The summed E-state index contributed by atoms with van der Waals surface area (Å²) < 4.78 is 12.9. The number of hydrogen-bond donors (Lipinski definition) is 0. The van der Waals surface area contributed by atoms with Crippen molar-refractivity contribution < 1.29 is 19.1 Å². The number of nitrogens with zero attached hydrogens (tertiary/aromatic N) is 2. The van der Waals surface area contributed by atoms with Gasteiger partial charge in [-0.1, -0.05) is 54.6 Å². The topological polar surface area (TPSA) is 68.2 Å². The first-order valence-corrected chi connectivity index (χ1v) is 14.0. The van der Waals surface area contributed by atoms with Crippen LogP contribution < -0.4 is 9.47 Å². The molecule has 0 aromatic heterocycles. The van der Waals surface area contributed by atoms with Crippen molar-refractivity contribution >= 4 is 44.7 Å². The lowest BCUT2D eigenvalue weighted by Gasteiger charge is -2.37. The largest absolute Gasteiger partial charge is 0.490 e. The van der Waals surface area contributed by atoms with Crippen LogP contribution in [-0.4, -0.2) is 29.6 Å². The standard InChI is InChI=1S/C31H27BrN2O4/c1-2-37-26-13-17(12-25(32)29(26)38-16-19-8-5-7-18-6-3-4-9-20(18)19)15-33-34-30(35)27-21-10-11-22(24-14-23(21)24)28(27)31(34)36/h3-13,15,21-24,27-28H,2,14,16H2,1H3/t21-,22-,23-,24+,27+,28+/m0/s1. The molecule has 6 nitrogen and oxygen atoms in total. The van der Waals surface area contributed by atoms with Crippen molar-refractivity contribution in [3.8, 4) is 11.5 Å². The Morgan fingerprint density at radius 1 is 0.974 bits per heavy atom. The van der Waals surface area contributed by atoms with Gasteiger partial charge in [0, 0.05) is 0 Å². The van der Waals surface area contributed by atoms with Crippen LogP contribution in [0.2, 0.25) is 0 Å². The molecule has 2 saturated carbocycles. The maximum atomic E-state index is 13.2. The molecule has 192 valence electrons. The first kappa shape index (κ1) is 23.7. The van der Waals surface area contributed by atoms with Crippen LogP contribution in [0.25, 0.3) is 10.8 Å². The molecule has 0 N–H and O–H groups in total. The second-order valence-corrected chi connectivity index (χ2v) is 11.4. The summed E-state index contributed by atoms with van der Waals surface area (Å²) in [5.74, 6) is 1.82. The minimum Gasteiger partial charge on any atom is -0.490 e. The number of carbonyl (C=O) groups excluding carboxylic acids is 2. The van der Waals surface area contributed by atoms with Gasteiger partial charge in [0.1, 0.15) is 6.61 Å². The van der Waals surface area contributed by atoms with Crippen LogP contribution in [-0.2, 0) is 16.2 Å². The lowest BCUT2D eigenvalue weighted by atomic mass is 9.63. The molecule has 0 radical (unpaired) electrons. The molecule has 2 amide bonds. The predicted octanol–water partition coefficient (Wildman–Crippen LogP) is 5.97. The number of fused-ring (bicyclic) bond motifs is 1. The number of carbonyl (C=O) groups is 2. The maximum Gasteiger partial charge on any atom is 0.254 e. The Kier molecular flexibility index (Phi) is 5.65. The summed E-state index contributed by atoms with van der Waals surface area (Å²) in [6, 6.07) is 18.1. The highest BCUT2D eigenvalue weighted by atomic mass is 79.9. The van der Waals surface area contributed by atoms with Gasteiger partial charge in [0.15, 0.2) is 11.5 Å². The van der Waals surface area contributed by atoms with Crippen LogP contribution >= 0.6 is 15.9 Å². The summed E-state index contributed by atoms with van der Waals surface area (Å²) >= 11 is 3.63. The molecule has 1 heterocycles. The number of rotatable bonds is 7. The summed E-state index contributed by atoms with van der Waals surface area (Å²) in [6.45, 7) is 2.76. The molecule has 1 aliphatic heterocycles. The number of amides is 2. The monoisotopic (exact) mass is 570 g/mol. The lowest BCUT2D eigenvalue weighted by molar-refractivity contribution is -0.140. The number of ether oxygens (including phenoxy) is 2. The second-order valence-electron chi connectivity index (χ2n) is 10.6. The Balaban J connectivity index is 1.13. The smallest absolute Gasteiger partial charge is 0.254 e. The van der Waals surface area contributed by atoms with Gasteiger partial charge in [0.05, 0.1) is 29.1 Å². The average molecular weight is 571 g/mol. The summed E-state index contributed by atoms with van der Waals surface area (Å²) in [7, 11) is 0. The Labute approximate surface area is 229 Å². The molecule has 3 fully saturated rings. The van der Waals surface area contributed by atoms with Crippen LogP contribution in [0.4, 0.5) is 0 Å². The minimum atomic E-state index is -0.256. The van der Waals surface area contributed by atoms with Crippen molar-refractivity contribution in [1.29, 1.82) is 0 Å². The van der Waals surface area contributed by atoms with E-state index >= 15 is 0 Å². The van der Waals surface area contributed by atoms with Gasteiger partial charge in [-0.25, -0.2) is 0 Å². The fourth-order valence-corrected chi connectivity index (χ4v) is 7.39. The van der Waals surface area contributed by atoms with Gasteiger partial charge in [-0.05, 0) is 87.0 Å². The quantitative estimate of drug-likeness (QED) is 0.199. The highest BCUT2D eigenvalue weighted by molar-refractivity contribution is 9.10. The van der Waals surface area contributed by atoms with Crippen LogP contribution in [0.1, 0.15) is 24.5 Å².